The van der Waals surface area contributed by atoms with Gasteiger partial charge in [-0.05, 0) is 113 Å². The van der Waals surface area contributed by atoms with Gasteiger partial charge < -0.3 is 0 Å². The second-order valence-electron chi connectivity index (χ2n) is 17.5. The van der Waals surface area contributed by atoms with Crippen molar-refractivity contribution < 1.29 is 0 Å². The second kappa shape index (κ2) is 17.3. The SMILES string of the molecule is CC.c1ccc(-c2ccc3c(c2)c2cccnc2n3-c2ccc3c(c2)c2cc(-n4c5ccc(-c6ccccc6)cc5c5cccnc54)ccc2n3-c2nc(-c3ccccc3)cc(-c3ccccc3)n2)cc1. The molecular formula is C64H45N7. The molecule has 0 aliphatic rings. The first-order valence-corrected chi connectivity index (χ1v) is 24.2. The maximum absolute atomic E-state index is 5.37. The smallest absolute Gasteiger partial charge is 0.235 e. The third-order valence-electron chi connectivity index (χ3n) is 13.6. The molecule has 0 aliphatic carbocycles. The Labute approximate surface area is 410 Å². The standard InChI is InChI=1S/C62H39N7.C2H6/c1-5-15-40(16-6-1)44-25-29-56-50(35-44)48-23-13-33-63-60(48)67(56)46-27-31-58-52(37-46)53-38-47(68-57-30-26-45(41-17-7-2-8-18-41)36-51(57)49-24-14-34-64-61(49)68)28-32-59(53)69(58)62-65-54(42-19-9-3-10-20-42)39-55(66-62)43-21-11-4-12-22-43;1-2/h1-39H;1-2H3. The molecule has 0 spiro atoms. The van der Waals surface area contributed by atoms with E-state index in [0.717, 1.165) is 99.6 Å². The first-order valence-electron chi connectivity index (χ1n) is 24.2. The van der Waals surface area contributed by atoms with Gasteiger partial charge in [0.05, 0.1) is 33.5 Å². The number of hydrogen-bond acceptors (Lipinski definition) is 4. The molecule has 6 heterocycles. The van der Waals surface area contributed by atoms with E-state index in [0.29, 0.717) is 5.95 Å². The monoisotopic (exact) mass is 911 g/mol. The fourth-order valence-electron chi connectivity index (χ4n) is 10.4. The summed E-state index contributed by atoms with van der Waals surface area (Å²) in [4.78, 5) is 20.8. The van der Waals surface area contributed by atoms with Crippen molar-refractivity contribution in [1.29, 1.82) is 0 Å². The minimum absolute atomic E-state index is 0.592. The molecule has 0 atom stereocenters. The largest absolute Gasteiger partial charge is 0.294 e. The van der Waals surface area contributed by atoms with Crippen LogP contribution in [0, 0.1) is 0 Å². The molecule has 14 aromatic rings. The highest BCUT2D eigenvalue weighted by Gasteiger charge is 2.22. The molecule has 0 unspecified atom stereocenters. The normalized spacial score (nSPS) is 11.5. The molecular weight excluding hydrogens is 867 g/mol. The number of benzene rings is 8. The summed E-state index contributed by atoms with van der Waals surface area (Å²) in [6.07, 6.45) is 3.77. The number of pyridine rings is 2. The summed E-state index contributed by atoms with van der Waals surface area (Å²) in [7, 11) is 0. The van der Waals surface area contributed by atoms with Crippen molar-refractivity contribution in [2.24, 2.45) is 0 Å². The lowest BCUT2D eigenvalue weighted by Gasteiger charge is -2.12. The van der Waals surface area contributed by atoms with E-state index in [1.807, 2.05) is 50.5 Å². The highest BCUT2D eigenvalue weighted by molar-refractivity contribution is 6.14. The summed E-state index contributed by atoms with van der Waals surface area (Å²) in [5.41, 5.74) is 16.4. The summed E-state index contributed by atoms with van der Waals surface area (Å²) < 4.78 is 6.82. The van der Waals surface area contributed by atoms with Crippen LogP contribution in [0.25, 0.3) is 128 Å². The molecule has 0 saturated heterocycles. The fraction of sp³-hybridized carbons (Fsp3) is 0.0312. The van der Waals surface area contributed by atoms with E-state index < -0.39 is 0 Å². The Bertz CT molecular complexity index is 4010. The molecule has 7 heteroatoms. The highest BCUT2D eigenvalue weighted by atomic mass is 15.2. The van der Waals surface area contributed by atoms with E-state index in [-0.39, 0.29) is 0 Å². The molecule has 0 radical (unpaired) electrons. The lowest BCUT2D eigenvalue weighted by Crippen LogP contribution is -2.04. The third-order valence-corrected chi connectivity index (χ3v) is 13.6. The van der Waals surface area contributed by atoms with Gasteiger partial charge in [0.2, 0.25) is 5.95 Å². The van der Waals surface area contributed by atoms with Gasteiger partial charge in [-0.3, -0.25) is 13.7 Å². The van der Waals surface area contributed by atoms with Crippen molar-refractivity contribution >= 4 is 65.7 Å². The molecule has 0 aliphatic heterocycles. The third kappa shape index (κ3) is 6.97. The Morgan fingerprint density at radius 3 is 1.07 bits per heavy atom. The Balaban J connectivity index is 0.00000243. The van der Waals surface area contributed by atoms with Crippen LogP contribution >= 0.6 is 0 Å². The zero-order chi connectivity index (χ0) is 47.4. The van der Waals surface area contributed by atoms with Gasteiger partial charge in [0.25, 0.3) is 0 Å². The first-order chi connectivity index (χ1) is 35.2. The second-order valence-corrected chi connectivity index (χ2v) is 17.5. The number of hydrogen-bond donors (Lipinski definition) is 0. The van der Waals surface area contributed by atoms with E-state index in [1.165, 1.54) is 22.3 Å². The molecule has 8 aromatic carbocycles. The van der Waals surface area contributed by atoms with Crippen LogP contribution in [0.15, 0.2) is 237 Å². The van der Waals surface area contributed by atoms with E-state index in [4.69, 9.17) is 19.9 Å². The van der Waals surface area contributed by atoms with Crippen LogP contribution in [-0.2, 0) is 0 Å². The van der Waals surface area contributed by atoms with Gasteiger partial charge in [0, 0.05) is 67.2 Å². The van der Waals surface area contributed by atoms with Crippen LogP contribution in [0.2, 0.25) is 0 Å². The number of rotatable bonds is 7. The fourth-order valence-corrected chi connectivity index (χ4v) is 10.4. The van der Waals surface area contributed by atoms with Crippen LogP contribution in [0.1, 0.15) is 13.8 Å². The van der Waals surface area contributed by atoms with Crippen LogP contribution in [0.3, 0.4) is 0 Å². The summed E-state index contributed by atoms with van der Waals surface area (Å²) in [5.74, 6) is 0.592. The Morgan fingerprint density at radius 1 is 0.282 bits per heavy atom. The molecule has 0 fully saturated rings. The van der Waals surface area contributed by atoms with E-state index in [9.17, 15) is 0 Å². The summed E-state index contributed by atoms with van der Waals surface area (Å²) >= 11 is 0. The predicted octanol–water partition coefficient (Wildman–Crippen LogP) is 16.3. The summed E-state index contributed by atoms with van der Waals surface area (Å²) in [5, 5.41) is 6.63. The van der Waals surface area contributed by atoms with E-state index >= 15 is 0 Å². The van der Waals surface area contributed by atoms with Crippen LogP contribution in [-0.4, -0.2) is 33.6 Å². The number of aromatic nitrogens is 7. The lowest BCUT2D eigenvalue weighted by molar-refractivity contribution is 0.994. The molecule has 7 nitrogen and oxygen atoms in total. The van der Waals surface area contributed by atoms with Crippen LogP contribution in [0.5, 0.6) is 0 Å². The Kier molecular flexibility index (Phi) is 10.1. The van der Waals surface area contributed by atoms with Gasteiger partial charge in [0.1, 0.15) is 11.3 Å². The Morgan fingerprint density at radius 2 is 0.648 bits per heavy atom. The van der Waals surface area contributed by atoms with Crippen molar-refractivity contribution in [2.75, 3.05) is 0 Å². The lowest BCUT2D eigenvalue weighted by atomic mass is 10.0. The molecule has 0 bridgehead atoms. The number of nitrogens with zero attached hydrogens (tertiary/aromatic N) is 7. The zero-order valence-electron chi connectivity index (χ0n) is 39.1. The van der Waals surface area contributed by atoms with Crippen molar-refractivity contribution in [3.8, 4) is 62.1 Å². The molecule has 0 amide bonds. The van der Waals surface area contributed by atoms with E-state index in [2.05, 4.69) is 214 Å². The summed E-state index contributed by atoms with van der Waals surface area (Å²) in [6, 6.07) is 79.3. The molecule has 336 valence electrons. The van der Waals surface area contributed by atoms with Crippen molar-refractivity contribution in [2.45, 2.75) is 13.8 Å². The Hall–Kier alpha value is -9.46. The van der Waals surface area contributed by atoms with Crippen LogP contribution in [0.4, 0.5) is 0 Å². The first kappa shape index (κ1) is 41.7. The van der Waals surface area contributed by atoms with Crippen molar-refractivity contribution in [3.63, 3.8) is 0 Å². The summed E-state index contributed by atoms with van der Waals surface area (Å²) in [6.45, 7) is 4.00. The van der Waals surface area contributed by atoms with Gasteiger partial charge in [0.15, 0.2) is 0 Å². The van der Waals surface area contributed by atoms with E-state index in [1.54, 1.807) is 0 Å². The quantitative estimate of drug-likeness (QED) is 0.160. The molecule has 14 rings (SSSR count). The van der Waals surface area contributed by atoms with Gasteiger partial charge in [-0.25, -0.2) is 19.9 Å². The average molecular weight is 912 g/mol. The maximum atomic E-state index is 5.37. The zero-order valence-corrected chi connectivity index (χ0v) is 39.1. The minimum atomic E-state index is 0.592. The predicted molar refractivity (Wildman–Crippen MR) is 294 cm³/mol. The maximum Gasteiger partial charge on any atom is 0.235 e. The van der Waals surface area contributed by atoms with Crippen molar-refractivity contribution in [3.05, 3.63) is 237 Å². The molecule has 71 heavy (non-hydrogen) atoms. The van der Waals surface area contributed by atoms with Gasteiger partial charge in [-0.1, -0.05) is 147 Å². The van der Waals surface area contributed by atoms with Gasteiger partial charge in [-0.2, -0.15) is 0 Å². The topological polar surface area (TPSA) is 66.3 Å². The van der Waals surface area contributed by atoms with Crippen LogP contribution < -0.4 is 0 Å². The molecule has 6 aromatic heterocycles. The van der Waals surface area contributed by atoms with Gasteiger partial charge in [-0.15, -0.1) is 0 Å². The highest BCUT2D eigenvalue weighted by Crippen LogP contribution is 2.41. The minimum Gasteiger partial charge on any atom is -0.294 e. The molecule has 0 saturated carbocycles. The molecule has 0 N–H and O–H groups in total. The van der Waals surface area contributed by atoms with Crippen molar-refractivity contribution in [1.82, 2.24) is 33.6 Å². The number of fused-ring (bicyclic) bond motifs is 9. The van der Waals surface area contributed by atoms with Gasteiger partial charge >= 0.3 is 0 Å². The average Bonchev–Trinajstić information content (AvgIpc) is 4.09.